The molecule has 94 valence electrons. The number of hydrogen-bond donors (Lipinski definition) is 1. The smallest absolute Gasteiger partial charge is 0.410 e. The van der Waals surface area contributed by atoms with E-state index < -0.39 is 6.10 Å². The molecule has 0 fully saturated rings. The van der Waals surface area contributed by atoms with Crippen molar-refractivity contribution in [2.24, 2.45) is 0 Å². The molecule has 2 heterocycles. The largest absolute Gasteiger partial charge is 0.449 e. The van der Waals surface area contributed by atoms with E-state index in [4.69, 9.17) is 4.74 Å². The van der Waals surface area contributed by atoms with Crippen LogP contribution in [0.5, 0.6) is 0 Å². The molecule has 1 aliphatic rings. The van der Waals surface area contributed by atoms with Gasteiger partial charge in [-0.25, -0.2) is 9.78 Å². The van der Waals surface area contributed by atoms with Crippen molar-refractivity contribution < 1.29 is 14.6 Å². The highest BCUT2D eigenvalue weighted by molar-refractivity contribution is 7.09. The first-order chi connectivity index (χ1) is 8.22. The number of carbonyl (C=O) groups excluding carboxylic acids is 1. The molecule has 1 aromatic rings. The van der Waals surface area contributed by atoms with E-state index in [0.29, 0.717) is 19.7 Å². The van der Waals surface area contributed by atoms with Gasteiger partial charge in [-0.3, -0.25) is 4.90 Å². The zero-order valence-electron chi connectivity index (χ0n) is 9.76. The second kappa shape index (κ2) is 5.46. The van der Waals surface area contributed by atoms with E-state index in [1.807, 2.05) is 6.92 Å². The number of ether oxygens (including phenoxy) is 1. The maximum atomic E-state index is 11.7. The summed E-state index contributed by atoms with van der Waals surface area (Å²) in [4.78, 5) is 18.2. The van der Waals surface area contributed by atoms with Crippen LogP contribution in [0, 0.1) is 0 Å². The number of unbranched alkanes of at least 4 members (excludes halogenated alkanes) is 1. The third kappa shape index (κ3) is 2.76. The van der Waals surface area contributed by atoms with E-state index in [1.165, 1.54) is 16.2 Å². The summed E-state index contributed by atoms with van der Waals surface area (Å²) in [6.07, 6.45) is 0.858. The second-order valence-electron chi connectivity index (χ2n) is 4.03. The summed E-state index contributed by atoms with van der Waals surface area (Å²) in [5, 5.41) is 9.86. The van der Waals surface area contributed by atoms with Gasteiger partial charge in [-0.2, -0.15) is 0 Å². The van der Waals surface area contributed by atoms with Crippen LogP contribution in [0.3, 0.4) is 0 Å². The maximum Gasteiger partial charge on any atom is 0.410 e. The van der Waals surface area contributed by atoms with Gasteiger partial charge in [0.1, 0.15) is 6.10 Å². The molecule has 0 aliphatic carbocycles. The van der Waals surface area contributed by atoms with Crippen molar-refractivity contribution in [3.8, 4) is 0 Å². The molecule has 1 atom stereocenters. The van der Waals surface area contributed by atoms with Gasteiger partial charge in [-0.1, -0.05) is 13.3 Å². The lowest BCUT2D eigenvalue weighted by molar-refractivity contribution is 0.0608. The number of hydrogen-bond acceptors (Lipinski definition) is 5. The summed E-state index contributed by atoms with van der Waals surface area (Å²) >= 11 is 1.43. The fourth-order valence-electron chi connectivity index (χ4n) is 1.74. The zero-order chi connectivity index (χ0) is 12.3. The second-order valence-corrected chi connectivity index (χ2v) is 4.91. The zero-order valence-corrected chi connectivity index (χ0v) is 10.6. The van der Waals surface area contributed by atoms with Gasteiger partial charge in [0.15, 0.2) is 0 Å². The molecule has 0 spiro atoms. The van der Waals surface area contributed by atoms with Crippen molar-refractivity contribution in [2.45, 2.75) is 32.4 Å². The number of carbonyl (C=O) groups is 1. The van der Waals surface area contributed by atoms with E-state index >= 15 is 0 Å². The predicted molar refractivity (Wildman–Crippen MR) is 63.7 cm³/mol. The van der Waals surface area contributed by atoms with E-state index in [9.17, 15) is 9.90 Å². The van der Waals surface area contributed by atoms with E-state index in [-0.39, 0.29) is 6.09 Å². The Morgan fingerprint density at radius 3 is 3.35 bits per heavy atom. The molecule has 5 nitrogen and oxygen atoms in total. The van der Waals surface area contributed by atoms with Crippen molar-refractivity contribution in [3.63, 3.8) is 0 Å². The van der Waals surface area contributed by atoms with Crippen molar-refractivity contribution >= 4 is 17.4 Å². The van der Waals surface area contributed by atoms with E-state index in [1.54, 1.807) is 5.51 Å². The number of aliphatic hydroxyl groups is 1. The third-order valence-corrected chi connectivity index (χ3v) is 3.66. The Balaban J connectivity index is 1.94. The number of fused-ring (bicyclic) bond motifs is 1. The number of aliphatic hydroxyl groups excluding tert-OH is 1. The van der Waals surface area contributed by atoms with Gasteiger partial charge >= 0.3 is 6.09 Å². The van der Waals surface area contributed by atoms with Crippen LogP contribution in [0.1, 0.15) is 36.4 Å². The Morgan fingerprint density at radius 2 is 2.59 bits per heavy atom. The summed E-state index contributed by atoms with van der Waals surface area (Å²) in [6.45, 7) is 3.20. The molecule has 0 saturated heterocycles. The standard InChI is InChI=1S/C11H16N2O3S/c1-2-3-4-16-11(15)13-5-8-10(9(14)6-13)17-7-12-8/h7,9,14H,2-6H2,1H3. The first-order valence-electron chi connectivity index (χ1n) is 5.74. The van der Waals surface area contributed by atoms with Gasteiger partial charge in [-0.15, -0.1) is 11.3 Å². The molecule has 1 unspecified atom stereocenters. The van der Waals surface area contributed by atoms with Gasteiger partial charge in [0.05, 0.1) is 35.8 Å². The highest BCUT2D eigenvalue weighted by Gasteiger charge is 2.29. The Morgan fingerprint density at radius 1 is 1.76 bits per heavy atom. The summed E-state index contributed by atoms with van der Waals surface area (Å²) in [6, 6.07) is 0. The van der Waals surface area contributed by atoms with Crippen LogP contribution >= 0.6 is 11.3 Å². The van der Waals surface area contributed by atoms with Crippen molar-refractivity contribution in [3.05, 3.63) is 16.1 Å². The first-order valence-corrected chi connectivity index (χ1v) is 6.62. The topological polar surface area (TPSA) is 62.7 Å². The van der Waals surface area contributed by atoms with Crippen molar-refractivity contribution in [2.75, 3.05) is 13.2 Å². The van der Waals surface area contributed by atoms with Gasteiger partial charge in [0.25, 0.3) is 0 Å². The highest BCUT2D eigenvalue weighted by atomic mass is 32.1. The Kier molecular flexibility index (Phi) is 3.96. The molecular formula is C11H16N2O3S. The minimum Gasteiger partial charge on any atom is -0.449 e. The lowest BCUT2D eigenvalue weighted by Gasteiger charge is -2.28. The number of rotatable bonds is 3. The molecular weight excluding hydrogens is 240 g/mol. The predicted octanol–water partition coefficient (Wildman–Crippen LogP) is 1.93. The Bertz CT molecular complexity index is 394. The fraction of sp³-hybridized carbons (Fsp3) is 0.636. The van der Waals surface area contributed by atoms with Crippen LogP contribution in [0.15, 0.2) is 5.51 Å². The van der Waals surface area contributed by atoms with Gasteiger partial charge < -0.3 is 9.84 Å². The number of amides is 1. The lowest BCUT2D eigenvalue weighted by atomic mass is 10.1. The Labute approximate surface area is 104 Å². The van der Waals surface area contributed by atoms with Crippen molar-refractivity contribution in [1.82, 2.24) is 9.88 Å². The summed E-state index contributed by atoms with van der Waals surface area (Å²) in [5.41, 5.74) is 2.47. The fourth-order valence-corrected chi connectivity index (χ4v) is 2.52. The molecule has 2 rings (SSSR count). The molecule has 17 heavy (non-hydrogen) atoms. The lowest BCUT2D eigenvalue weighted by Crippen LogP contribution is -2.38. The quantitative estimate of drug-likeness (QED) is 0.839. The van der Waals surface area contributed by atoms with Crippen LogP contribution in [-0.4, -0.2) is 34.2 Å². The molecule has 0 aromatic carbocycles. The molecule has 6 heteroatoms. The third-order valence-electron chi connectivity index (χ3n) is 2.69. The van der Waals surface area contributed by atoms with Gasteiger partial charge in [0, 0.05) is 0 Å². The highest BCUT2D eigenvalue weighted by Crippen LogP contribution is 2.29. The summed E-state index contributed by atoms with van der Waals surface area (Å²) < 4.78 is 5.11. The molecule has 0 bridgehead atoms. The average molecular weight is 256 g/mol. The maximum absolute atomic E-state index is 11.7. The van der Waals surface area contributed by atoms with Crippen LogP contribution < -0.4 is 0 Å². The normalized spacial score (nSPS) is 18.9. The van der Waals surface area contributed by atoms with Gasteiger partial charge in [-0.05, 0) is 6.42 Å². The molecule has 1 aliphatic heterocycles. The average Bonchev–Trinajstić information content (AvgIpc) is 2.77. The molecule has 1 N–H and O–H groups in total. The van der Waals surface area contributed by atoms with Gasteiger partial charge in [0.2, 0.25) is 0 Å². The van der Waals surface area contributed by atoms with Crippen LogP contribution in [0.25, 0.3) is 0 Å². The van der Waals surface area contributed by atoms with E-state index in [2.05, 4.69) is 4.98 Å². The molecule has 1 amide bonds. The number of aromatic nitrogens is 1. The summed E-state index contributed by atoms with van der Waals surface area (Å²) in [5.74, 6) is 0. The van der Waals surface area contributed by atoms with Crippen LogP contribution in [-0.2, 0) is 11.3 Å². The summed E-state index contributed by atoms with van der Waals surface area (Å²) in [7, 11) is 0. The molecule has 0 radical (unpaired) electrons. The SMILES string of the molecule is CCCCOC(=O)N1Cc2ncsc2C(O)C1. The Hall–Kier alpha value is -1.14. The van der Waals surface area contributed by atoms with E-state index in [0.717, 1.165) is 23.4 Å². The minimum atomic E-state index is -0.634. The number of β-amino-alcohol motifs (C(OH)–C–C–N with tert-alkyl or cyclic N) is 1. The minimum absolute atomic E-state index is 0.292. The number of nitrogens with zero attached hydrogens (tertiary/aromatic N) is 2. The van der Waals surface area contributed by atoms with Crippen molar-refractivity contribution in [1.29, 1.82) is 0 Å². The van der Waals surface area contributed by atoms with Crippen LogP contribution in [0.2, 0.25) is 0 Å². The molecule has 1 aromatic heterocycles. The monoisotopic (exact) mass is 256 g/mol. The van der Waals surface area contributed by atoms with Crippen LogP contribution in [0.4, 0.5) is 4.79 Å². The molecule has 0 saturated carbocycles. The number of thiazole rings is 1. The first kappa shape index (κ1) is 12.3.